The molecular weight excluding hydrogens is 230 g/mol. The number of rotatable bonds is 4. The van der Waals surface area contributed by atoms with E-state index in [-0.39, 0.29) is 0 Å². The SMILES string of the molecule is CCC1CCc2c1ccc(Cl)c2NCC1CC1. The zero-order valence-electron chi connectivity index (χ0n) is 10.4. The molecular formula is C15H20ClN. The van der Waals surface area contributed by atoms with E-state index >= 15 is 0 Å². The van der Waals surface area contributed by atoms with Crippen LogP contribution < -0.4 is 5.32 Å². The Morgan fingerprint density at radius 1 is 1.29 bits per heavy atom. The van der Waals surface area contributed by atoms with Gasteiger partial charge in [-0.3, -0.25) is 0 Å². The van der Waals surface area contributed by atoms with Gasteiger partial charge in [-0.25, -0.2) is 0 Å². The van der Waals surface area contributed by atoms with Crippen molar-refractivity contribution in [1.29, 1.82) is 0 Å². The maximum absolute atomic E-state index is 6.34. The molecule has 0 aliphatic heterocycles. The van der Waals surface area contributed by atoms with Crippen LogP contribution in [0.2, 0.25) is 5.02 Å². The van der Waals surface area contributed by atoms with Crippen molar-refractivity contribution < 1.29 is 0 Å². The lowest BCUT2D eigenvalue weighted by Crippen LogP contribution is -2.06. The number of hydrogen-bond acceptors (Lipinski definition) is 1. The molecule has 1 atom stereocenters. The highest BCUT2D eigenvalue weighted by molar-refractivity contribution is 6.33. The van der Waals surface area contributed by atoms with Gasteiger partial charge in [-0.1, -0.05) is 24.6 Å². The van der Waals surface area contributed by atoms with Gasteiger partial charge in [0.2, 0.25) is 0 Å². The number of anilines is 1. The first-order chi connectivity index (χ1) is 8.29. The van der Waals surface area contributed by atoms with Crippen LogP contribution >= 0.6 is 11.6 Å². The Labute approximate surface area is 109 Å². The lowest BCUT2D eigenvalue weighted by Gasteiger charge is -2.14. The molecule has 0 aromatic heterocycles. The summed E-state index contributed by atoms with van der Waals surface area (Å²) in [5.41, 5.74) is 4.26. The van der Waals surface area contributed by atoms with Gasteiger partial charge >= 0.3 is 0 Å². The predicted molar refractivity (Wildman–Crippen MR) is 74.0 cm³/mol. The third-order valence-electron chi connectivity index (χ3n) is 4.24. The fourth-order valence-electron chi connectivity index (χ4n) is 2.94. The van der Waals surface area contributed by atoms with Crippen molar-refractivity contribution in [2.75, 3.05) is 11.9 Å². The summed E-state index contributed by atoms with van der Waals surface area (Å²) in [6.45, 7) is 3.39. The van der Waals surface area contributed by atoms with Crippen molar-refractivity contribution in [3.63, 3.8) is 0 Å². The monoisotopic (exact) mass is 249 g/mol. The van der Waals surface area contributed by atoms with Gasteiger partial charge in [-0.2, -0.15) is 0 Å². The van der Waals surface area contributed by atoms with E-state index in [1.807, 2.05) is 0 Å². The molecule has 1 aromatic carbocycles. The minimum atomic E-state index is 0.753. The average Bonchev–Trinajstić information content (AvgIpc) is 3.06. The lowest BCUT2D eigenvalue weighted by molar-refractivity contribution is 0.656. The molecule has 2 heteroatoms. The van der Waals surface area contributed by atoms with E-state index in [1.165, 1.54) is 48.9 Å². The fraction of sp³-hybridized carbons (Fsp3) is 0.600. The van der Waals surface area contributed by atoms with E-state index in [1.54, 1.807) is 0 Å². The summed E-state index contributed by atoms with van der Waals surface area (Å²) < 4.78 is 0. The standard InChI is InChI=1S/C15H20ClN/c1-2-11-5-6-13-12(11)7-8-14(16)15(13)17-9-10-3-4-10/h7-8,10-11,17H,2-6,9H2,1H3. The molecule has 17 heavy (non-hydrogen) atoms. The van der Waals surface area contributed by atoms with Crippen LogP contribution in [0.4, 0.5) is 5.69 Å². The normalized spacial score (nSPS) is 22.6. The highest BCUT2D eigenvalue weighted by Gasteiger charge is 2.26. The summed E-state index contributed by atoms with van der Waals surface area (Å²) in [5.74, 6) is 1.65. The Bertz CT molecular complexity index is 423. The quantitative estimate of drug-likeness (QED) is 0.822. The zero-order chi connectivity index (χ0) is 11.8. The van der Waals surface area contributed by atoms with Crippen molar-refractivity contribution in [2.24, 2.45) is 5.92 Å². The minimum Gasteiger partial charge on any atom is -0.383 e. The molecule has 0 spiro atoms. The van der Waals surface area contributed by atoms with Gasteiger partial charge in [-0.15, -0.1) is 0 Å². The van der Waals surface area contributed by atoms with Gasteiger partial charge in [0.25, 0.3) is 0 Å². The third-order valence-corrected chi connectivity index (χ3v) is 4.55. The second-order valence-corrected chi connectivity index (χ2v) is 5.87. The molecule has 1 fully saturated rings. The Balaban J connectivity index is 1.87. The number of benzene rings is 1. The molecule has 3 rings (SSSR count). The molecule has 0 heterocycles. The molecule has 1 N–H and O–H groups in total. The van der Waals surface area contributed by atoms with Gasteiger partial charge < -0.3 is 5.32 Å². The Hall–Kier alpha value is -0.690. The van der Waals surface area contributed by atoms with Gasteiger partial charge in [0.1, 0.15) is 0 Å². The van der Waals surface area contributed by atoms with E-state index in [0.717, 1.165) is 23.4 Å². The second kappa shape index (κ2) is 4.53. The first-order valence-corrected chi connectivity index (χ1v) is 7.22. The largest absolute Gasteiger partial charge is 0.383 e. The first-order valence-electron chi connectivity index (χ1n) is 6.84. The van der Waals surface area contributed by atoms with E-state index in [4.69, 9.17) is 11.6 Å². The summed E-state index contributed by atoms with van der Waals surface area (Å²) in [6, 6.07) is 4.31. The van der Waals surface area contributed by atoms with Crippen LogP contribution in [0.25, 0.3) is 0 Å². The maximum Gasteiger partial charge on any atom is 0.0640 e. The van der Waals surface area contributed by atoms with Gasteiger partial charge in [0.15, 0.2) is 0 Å². The van der Waals surface area contributed by atoms with Crippen LogP contribution in [0, 0.1) is 5.92 Å². The smallest absolute Gasteiger partial charge is 0.0640 e. The highest BCUT2D eigenvalue weighted by Crippen LogP contribution is 2.42. The van der Waals surface area contributed by atoms with Crippen molar-refractivity contribution in [2.45, 2.75) is 44.9 Å². The molecule has 1 saturated carbocycles. The molecule has 2 aliphatic rings. The number of halogens is 1. The number of hydrogen-bond donors (Lipinski definition) is 1. The van der Waals surface area contributed by atoms with E-state index in [9.17, 15) is 0 Å². The average molecular weight is 250 g/mol. The molecule has 0 amide bonds. The first kappa shape index (κ1) is 11.4. The zero-order valence-corrected chi connectivity index (χ0v) is 11.2. The minimum absolute atomic E-state index is 0.753. The van der Waals surface area contributed by atoms with Crippen LogP contribution in [0.3, 0.4) is 0 Å². The van der Waals surface area contributed by atoms with Gasteiger partial charge in [0, 0.05) is 6.54 Å². The number of fused-ring (bicyclic) bond motifs is 1. The Morgan fingerprint density at radius 3 is 2.82 bits per heavy atom. The molecule has 1 nitrogen and oxygen atoms in total. The van der Waals surface area contributed by atoms with Crippen molar-refractivity contribution in [1.82, 2.24) is 0 Å². The van der Waals surface area contributed by atoms with E-state index < -0.39 is 0 Å². The van der Waals surface area contributed by atoms with Crippen LogP contribution in [0.15, 0.2) is 12.1 Å². The lowest BCUT2D eigenvalue weighted by atomic mass is 9.98. The summed E-state index contributed by atoms with van der Waals surface area (Å²) in [6.07, 6.45) is 6.51. The summed E-state index contributed by atoms with van der Waals surface area (Å²) in [5, 5.41) is 4.49. The maximum atomic E-state index is 6.34. The number of nitrogens with one attached hydrogen (secondary N) is 1. The molecule has 1 aromatic rings. The predicted octanol–water partition coefficient (Wildman–Crippen LogP) is 4.60. The van der Waals surface area contributed by atoms with Gasteiger partial charge in [0.05, 0.1) is 10.7 Å². The Morgan fingerprint density at radius 2 is 2.12 bits per heavy atom. The van der Waals surface area contributed by atoms with Crippen LogP contribution in [-0.2, 0) is 6.42 Å². The molecule has 0 bridgehead atoms. The van der Waals surface area contributed by atoms with E-state index in [0.29, 0.717) is 0 Å². The second-order valence-electron chi connectivity index (χ2n) is 5.46. The molecule has 92 valence electrons. The van der Waals surface area contributed by atoms with Crippen LogP contribution in [0.1, 0.15) is 49.7 Å². The highest BCUT2D eigenvalue weighted by atomic mass is 35.5. The Kier molecular flexibility index (Phi) is 3.04. The van der Waals surface area contributed by atoms with Crippen molar-refractivity contribution in [3.8, 4) is 0 Å². The topological polar surface area (TPSA) is 12.0 Å². The van der Waals surface area contributed by atoms with Gasteiger partial charge in [-0.05, 0) is 61.1 Å². The van der Waals surface area contributed by atoms with Crippen molar-refractivity contribution in [3.05, 3.63) is 28.3 Å². The molecule has 0 radical (unpaired) electrons. The van der Waals surface area contributed by atoms with E-state index in [2.05, 4.69) is 24.4 Å². The van der Waals surface area contributed by atoms with Crippen LogP contribution in [0.5, 0.6) is 0 Å². The summed E-state index contributed by atoms with van der Waals surface area (Å²) >= 11 is 6.34. The van der Waals surface area contributed by atoms with Crippen molar-refractivity contribution >= 4 is 17.3 Å². The summed E-state index contributed by atoms with van der Waals surface area (Å²) in [7, 11) is 0. The van der Waals surface area contributed by atoms with Crippen LogP contribution in [-0.4, -0.2) is 6.54 Å². The fourth-order valence-corrected chi connectivity index (χ4v) is 3.19. The third kappa shape index (κ3) is 2.18. The molecule has 2 aliphatic carbocycles. The molecule has 0 saturated heterocycles. The molecule has 1 unspecified atom stereocenters. The summed E-state index contributed by atoms with van der Waals surface area (Å²) in [4.78, 5) is 0.